The summed E-state index contributed by atoms with van der Waals surface area (Å²) >= 11 is 0. The maximum atomic E-state index is 13.4. The summed E-state index contributed by atoms with van der Waals surface area (Å²) in [5, 5.41) is 13.5. The fourth-order valence-corrected chi connectivity index (χ4v) is 5.81. The van der Waals surface area contributed by atoms with E-state index in [1.807, 2.05) is 80.3 Å². The standard InChI is InChI=1S/C30H32N2O6/c1-17-11-18(2)28(19(3)12-17)31-26(33)15-32-14-23(21-7-10-24-25(13-21)38-16-37-24)27(30(34)35)29(32)20-5-8-22(36-4)9-6-20/h5-13,23,27,29H,14-16H2,1-4H3,(H,31,33)(H,34,35)/t23-,27+,29-/m1/s1. The largest absolute Gasteiger partial charge is 0.497 e. The summed E-state index contributed by atoms with van der Waals surface area (Å²) < 4.78 is 16.3. The zero-order valence-corrected chi connectivity index (χ0v) is 22.0. The quantitative estimate of drug-likeness (QED) is 0.464. The molecule has 3 aromatic rings. The van der Waals surface area contributed by atoms with Gasteiger partial charge in [-0.1, -0.05) is 35.9 Å². The van der Waals surface area contributed by atoms with Gasteiger partial charge in [0.1, 0.15) is 5.75 Å². The predicted molar refractivity (Wildman–Crippen MR) is 143 cm³/mol. The first-order chi connectivity index (χ1) is 18.2. The van der Waals surface area contributed by atoms with Gasteiger partial charge in [0.2, 0.25) is 12.7 Å². The number of hydrogen-bond donors (Lipinski definition) is 2. The number of hydrogen-bond acceptors (Lipinski definition) is 6. The van der Waals surface area contributed by atoms with Crippen LogP contribution in [0.15, 0.2) is 54.6 Å². The molecule has 2 aliphatic heterocycles. The number of nitrogens with zero attached hydrogens (tertiary/aromatic N) is 1. The average Bonchev–Trinajstić information content (AvgIpc) is 3.50. The van der Waals surface area contributed by atoms with Crippen molar-refractivity contribution in [3.8, 4) is 17.2 Å². The molecule has 1 saturated heterocycles. The van der Waals surface area contributed by atoms with Crippen molar-refractivity contribution in [2.45, 2.75) is 32.7 Å². The van der Waals surface area contributed by atoms with Crippen molar-refractivity contribution in [2.24, 2.45) is 5.92 Å². The van der Waals surface area contributed by atoms with Crippen LogP contribution < -0.4 is 19.5 Å². The van der Waals surface area contributed by atoms with Crippen molar-refractivity contribution < 1.29 is 28.9 Å². The number of likely N-dealkylation sites (tertiary alicyclic amines) is 1. The van der Waals surface area contributed by atoms with Crippen molar-refractivity contribution in [3.05, 3.63) is 82.4 Å². The minimum atomic E-state index is -0.915. The highest BCUT2D eigenvalue weighted by atomic mass is 16.7. The van der Waals surface area contributed by atoms with Gasteiger partial charge in [0, 0.05) is 24.2 Å². The van der Waals surface area contributed by atoms with E-state index < -0.39 is 17.9 Å². The third kappa shape index (κ3) is 4.91. The molecule has 5 rings (SSSR count). The first-order valence-corrected chi connectivity index (χ1v) is 12.6. The SMILES string of the molecule is COc1ccc([C@@H]2[C@@H](C(=O)O)[C@@H](c3ccc4c(c3)OCO4)CN2CC(=O)Nc2c(C)cc(C)cc2C)cc1. The zero-order chi connectivity index (χ0) is 27.0. The van der Waals surface area contributed by atoms with Crippen LogP contribution in [-0.2, 0) is 9.59 Å². The molecule has 0 saturated carbocycles. The van der Waals surface area contributed by atoms with Gasteiger partial charge in [-0.15, -0.1) is 0 Å². The van der Waals surface area contributed by atoms with Crippen molar-refractivity contribution in [1.82, 2.24) is 4.90 Å². The highest BCUT2D eigenvalue weighted by Crippen LogP contribution is 2.47. The van der Waals surface area contributed by atoms with Crippen molar-refractivity contribution >= 4 is 17.6 Å². The highest BCUT2D eigenvalue weighted by Gasteiger charge is 2.48. The van der Waals surface area contributed by atoms with E-state index >= 15 is 0 Å². The van der Waals surface area contributed by atoms with E-state index in [1.54, 1.807) is 7.11 Å². The number of anilines is 1. The molecule has 198 valence electrons. The number of aliphatic carboxylic acids is 1. The Morgan fingerprint density at radius 1 is 0.974 bits per heavy atom. The van der Waals surface area contributed by atoms with Gasteiger partial charge in [-0.25, -0.2) is 0 Å². The normalized spacial score (nSPS) is 20.4. The van der Waals surface area contributed by atoms with E-state index in [0.717, 1.165) is 33.5 Å². The second-order valence-corrected chi connectivity index (χ2v) is 10.1. The lowest BCUT2D eigenvalue weighted by molar-refractivity contribution is -0.143. The van der Waals surface area contributed by atoms with E-state index in [4.69, 9.17) is 14.2 Å². The number of carboxylic acids is 1. The van der Waals surface area contributed by atoms with Crippen LogP contribution in [0.25, 0.3) is 0 Å². The minimum Gasteiger partial charge on any atom is -0.497 e. The van der Waals surface area contributed by atoms with Gasteiger partial charge in [0.05, 0.1) is 19.6 Å². The number of rotatable bonds is 7. The molecule has 0 bridgehead atoms. The number of amides is 1. The molecule has 38 heavy (non-hydrogen) atoms. The number of benzene rings is 3. The molecular formula is C30H32N2O6. The maximum absolute atomic E-state index is 13.4. The molecule has 0 aromatic heterocycles. The second kappa shape index (κ2) is 10.4. The highest BCUT2D eigenvalue weighted by molar-refractivity contribution is 5.94. The summed E-state index contributed by atoms with van der Waals surface area (Å²) in [5.74, 6) is -0.306. The van der Waals surface area contributed by atoms with Crippen LogP contribution in [0.3, 0.4) is 0 Å². The molecule has 8 nitrogen and oxygen atoms in total. The van der Waals surface area contributed by atoms with Crippen molar-refractivity contribution in [2.75, 3.05) is 32.3 Å². The first-order valence-electron chi connectivity index (χ1n) is 12.6. The van der Waals surface area contributed by atoms with E-state index in [0.29, 0.717) is 23.8 Å². The van der Waals surface area contributed by atoms with Gasteiger partial charge in [-0.3, -0.25) is 14.5 Å². The van der Waals surface area contributed by atoms with Crippen LogP contribution in [-0.4, -0.2) is 48.9 Å². The Labute approximate surface area is 222 Å². The lowest BCUT2D eigenvalue weighted by Gasteiger charge is -2.27. The van der Waals surface area contributed by atoms with Crippen molar-refractivity contribution in [1.29, 1.82) is 0 Å². The first kappa shape index (κ1) is 25.6. The van der Waals surface area contributed by atoms with Gasteiger partial charge in [0.25, 0.3) is 0 Å². The Balaban J connectivity index is 1.48. The number of carbonyl (C=O) groups excluding carboxylic acids is 1. The molecule has 1 fully saturated rings. The molecule has 3 atom stereocenters. The third-order valence-electron chi connectivity index (χ3n) is 7.45. The summed E-state index contributed by atoms with van der Waals surface area (Å²) in [6.07, 6.45) is 0. The molecule has 2 aliphatic rings. The molecule has 0 unspecified atom stereocenters. The monoisotopic (exact) mass is 516 g/mol. The van der Waals surface area contributed by atoms with Gasteiger partial charge in [0.15, 0.2) is 11.5 Å². The Morgan fingerprint density at radius 3 is 2.29 bits per heavy atom. The maximum Gasteiger partial charge on any atom is 0.309 e. The Kier molecular flexibility index (Phi) is 6.99. The fraction of sp³-hybridized carbons (Fsp3) is 0.333. The zero-order valence-electron chi connectivity index (χ0n) is 22.0. The number of fused-ring (bicyclic) bond motifs is 1. The number of carbonyl (C=O) groups is 2. The van der Waals surface area contributed by atoms with Gasteiger partial charge in [-0.2, -0.15) is 0 Å². The van der Waals surface area contributed by atoms with E-state index in [-0.39, 0.29) is 25.2 Å². The topological polar surface area (TPSA) is 97.3 Å². The molecule has 2 heterocycles. The van der Waals surface area contributed by atoms with Crippen molar-refractivity contribution in [3.63, 3.8) is 0 Å². The summed E-state index contributed by atoms with van der Waals surface area (Å²) in [6, 6.07) is 16.5. The molecule has 0 aliphatic carbocycles. The van der Waals surface area contributed by atoms with Gasteiger partial charge in [-0.05, 0) is 67.3 Å². The molecule has 1 amide bonds. The van der Waals surface area contributed by atoms with Crippen LogP contribution in [0.5, 0.6) is 17.2 Å². The Hall–Kier alpha value is -4.04. The summed E-state index contributed by atoms with van der Waals surface area (Å²) in [7, 11) is 1.59. The molecule has 0 radical (unpaired) electrons. The van der Waals surface area contributed by atoms with E-state index in [1.165, 1.54) is 0 Å². The smallest absolute Gasteiger partial charge is 0.309 e. The number of methoxy groups -OCH3 is 1. The molecule has 2 N–H and O–H groups in total. The average molecular weight is 517 g/mol. The van der Waals surface area contributed by atoms with Gasteiger partial charge < -0.3 is 24.6 Å². The lowest BCUT2D eigenvalue weighted by Crippen LogP contribution is -2.35. The second-order valence-electron chi connectivity index (χ2n) is 10.1. The minimum absolute atomic E-state index is 0.0499. The fourth-order valence-electron chi connectivity index (χ4n) is 5.81. The van der Waals surface area contributed by atoms with Crippen LogP contribution in [0.4, 0.5) is 5.69 Å². The molecule has 8 heteroatoms. The summed E-state index contributed by atoms with van der Waals surface area (Å²) in [4.78, 5) is 28.1. The predicted octanol–water partition coefficient (Wildman–Crippen LogP) is 4.83. The number of nitrogens with one attached hydrogen (secondary N) is 1. The van der Waals surface area contributed by atoms with Crippen LogP contribution in [0.2, 0.25) is 0 Å². The molecular weight excluding hydrogens is 484 g/mol. The lowest BCUT2D eigenvalue weighted by atomic mass is 9.82. The summed E-state index contributed by atoms with van der Waals surface area (Å²) in [6.45, 7) is 6.56. The third-order valence-corrected chi connectivity index (χ3v) is 7.45. The van der Waals surface area contributed by atoms with Crippen LogP contribution >= 0.6 is 0 Å². The van der Waals surface area contributed by atoms with Crippen LogP contribution in [0.1, 0.15) is 39.8 Å². The number of aryl methyl sites for hydroxylation is 3. The van der Waals surface area contributed by atoms with Gasteiger partial charge >= 0.3 is 5.97 Å². The van der Waals surface area contributed by atoms with Crippen LogP contribution in [0, 0.1) is 26.7 Å². The van der Waals surface area contributed by atoms with E-state index in [2.05, 4.69) is 5.32 Å². The number of carboxylic acid groups (broad SMARTS) is 1. The molecule has 0 spiro atoms. The number of ether oxygens (including phenoxy) is 3. The molecule has 3 aromatic carbocycles. The Morgan fingerprint density at radius 2 is 1.63 bits per heavy atom. The summed E-state index contributed by atoms with van der Waals surface area (Å²) in [5.41, 5.74) is 5.57. The van der Waals surface area contributed by atoms with E-state index in [9.17, 15) is 14.7 Å². The Bertz CT molecular complexity index is 1350.